The third-order valence-corrected chi connectivity index (χ3v) is 14.5. The van der Waals surface area contributed by atoms with E-state index in [0.717, 1.165) is 84.2 Å². The van der Waals surface area contributed by atoms with Gasteiger partial charge in [0.2, 0.25) is 17.7 Å². The van der Waals surface area contributed by atoms with Crippen LogP contribution < -0.4 is 15.5 Å². The highest BCUT2D eigenvalue weighted by atomic mass is 79.9. The standard InChI is InChI=1S/C53H63BrN8O7S/c1-32-12-13-40(48-34(3)59-69-36(48)5)26-44(32)61(41-18-19-43(42(54)27-41)60-22-20-55-30-60)21-10-9-11-23-68-29-46(63)58-50(53(6,7)8)52(67)62-28-37(25-47(64)65)24-45(62)57-51(66)33(2)38-14-16-39(17-15-38)49-35(4)56-31-70-49/h12-20,22,26-27,30-31,33,37,45,50H,9-11,21,23-25,28-29H2,1-8H3,(H,57,66)(H,58,63)(H,64,65)/t33?,37-,45+,50?/m1/s1. The third-order valence-electron chi connectivity index (χ3n) is 12.9. The molecule has 0 radical (unpaired) electrons. The van der Waals surface area contributed by atoms with Crippen molar-refractivity contribution in [3.05, 3.63) is 118 Å². The van der Waals surface area contributed by atoms with E-state index in [4.69, 9.17) is 9.26 Å². The lowest BCUT2D eigenvalue weighted by Crippen LogP contribution is -2.58. The molecule has 1 aliphatic rings. The minimum atomic E-state index is -0.983. The fourth-order valence-electron chi connectivity index (χ4n) is 9.09. The molecule has 6 aromatic rings. The van der Waals surface area contributed by atoms with Gasteiger partial charge >= 0.3 is 5.97 Å². The number of halogens is 1. The van der Waals surface area contributed by atoms with Crippen LogP contribution in [-0.2, 0) is 23.9 Å². The molecule has 4 atom stereocenters. The Morgan fingerprint density at radius 3 is 2.39 bits per heavy atom. The number of aromatic nitrogens is 4. The van der Waals surface area contributed by atoms with E-state index in [1.165, 1.54) is 4.90 Å². The zero-order valence-corrected chi connectivity index (χ0v) is 43.5. The summed E-state index contributed by atoms with van der Waals surface area (Å²) in [5.74, 6) is -2.27. The maximum atomic E-state index is 14.4. The van der Waals surface area contributed by atoms with Gasteiger partial charge in [0, 0.05) is 59.9 Å². The number of aryl methyl sites for hydroxylation is 4. The Balaban J connectivity index is 0.953. The number of likely N-dealkylation sites (tertiary alicyclic amines) is 1. The van der Waals surface area contributed by atoms with Crippen LogP contribution in [0.5, 0.6) is 0 Å². The summed E-state index contributed by atoms with van der Waals surface area (Å²) in [5, 5.41) is 19.8. The molecule has 0 aliphatic carbocycles. The van der Waals surface area contributed by atoms with Gasteiger partial charge in [-0.3, -0.25) is 19.2 Å². The zero-order valence-electron chi connectivity index (χ0n) is 41.1. The number of carboxylic acids is 1. The van der Waals surface area contributed by atoms with Gasteiger partial charge in [0.15, 0.2) is 0 Å². The van der Waals surface area contributed by atoms with E-state index in [-0.39, 0.29) is 37.8 Å². The minimum absolute atomic E-state index is 0.129. The molecule has 2 unspecified atom stereocenters. The van der Waals surface area contributed by atoms with Crippen LogP contribution in [0.1, 0.15) is 94.0 Å². The number of amides is 3. The van der Waals surface area contributed by atoms with E-state index >= 15 is 0 Å². The molecule has 15 nitrogen and oxygen atoms in total. The number of rotatable bonds is 20. The number of carboxylic acid groups (broad SMARTS) is 1. The fourth-order valence-corrected chi connectivity index (χ4v) is 10.5. The van der Waals surface area contributed by atoms with Gasteiger partial charge < -0.3 is 39.4 Å². The van der Waals surface area contributed by atoms with Gasteiger partial charge in [-0.15, -0.1) is 11.3 Å². The average molecular weight is 1040 g/mol. The van der Waals surface area contributed by atoms with E-state index in [0.29, 0.717) is 19.6 Å². The van der Waals surface area contributed by atoms with Crippen molar-refractivity contribution < 1.29 is 33.5 Å². The molecular formula is C53H63BrN8O7S. The maximum absolute atomic E-state index is 14.4. The maximum Gasteiger partial charge on any atom is 0.303 e. The number of ether oxygens (including phenoxy) is 1. The summed E-state index contributed by atoms with van der Waals surface area (Å²) in [6, 6.07) is 19.5. The Labute approximate surface area is 422 Å². The molecule has 370 valence electrons. The third kappa shape index (κ3) is 12.4. The SMILES string of the molecule is Cc1ccc(-c2c(C)noc2C)cc1N(CCCCCOCC(=O)NC(C(=O)N1C[C@@H](CC(=O)O)C[C@H]1NC(=O)C(C)c1ccc(-c2scnc2C)cc1)C(C)(C)C)c1ccc(-n2ccnc2)c(Br)c1. The van der Waals surface area contributed by atoms with E-state index in [1.54, 1.807) is 36.3 Å². The first-order valence-electron chi connectivity index (χ1n) is 23.7. The van der Waals surface area contributed by atoms with Gasteiger partial charge in [-0.1, -0.05) is 62.3 Å². The molecule has 3 N–H and O–H groups in total. The second-order valence-corrected chi connectivity index (χ2v) is 21.0. The van der Waals surface area contributed by atoms with Crippen molar-refractivity contribution in [2.24, 2.45) is 11.3 Å². The second kappa shape index (κ2) is 22.7. The highest BCUT2D eigenvalue weighted by Gasteiger charge is 2.43. The number of imidazole rings is 1. The van der Waals surface area contributed by atoms with Crippen LogP contribution in [0, 0.1) is 39.0 Å². The van der Waals surface area contributed by atoms with Crippen LogP contribution in [0.3, 0.4) is 0 Å². The summed E-state index contributed by atoms with van der Waals surface area (Å²) >= 11 is 5.36. The molecule has 4 heterocycles. The zero-order chi connectivity index (χ0) is 50.3. The highest BCUT2D eigenvalue weighted by Crippen LogP contribution is 2.38. The summed E-state index contributed by atoms with van der Waals surface area (Å²) in [5.41, 5.74) is 10.9. The summed E-state index contributed by atoms with van der Waals surface area (Å²) in [7, 11) is 0. The molecule has 3 amide bonds. The summed E-state index contributed by atoms with van der Waals surface area (Å²) in [6.45, 7) is 16.3. The van der Waals surface area contributed by atoms with Crippen molar-refractivity contribution in [3.63, 3.8) is 0 Å². The van der Waals surface area contributed by atoms with Gasteiger partial charge in [-0.2, -0.15) is 0 Å². The van der Waals surface area contributed by atoms with E-state index in [1.807, 2.05) is 76.6 Å². The number of nitrogens with one attached hydrogen (secondary N) is 2. The van der Waals surface area contributed by atoms with Crippen molar-refractivity contribution in [1.29, 1.82) is 0 Å². The average Bonchev–Trinajstić information content (AvgIpc) is 4.15. The lowest BCUT2D eigenvalue weighted by Gasteiger charge is -2.36. The molecule has 0 bridgehead atoms. The van der Waals surface area contributed by atoms with E-state index in [9.17, 15) is 24.3 Å². The van der Waals surface area contributed by atoms with Crippen LogP contribution in [0.25, 0.3) is 27.3 Å². The fraction of sp³-hybridized carbons (Fsp3) is 0.415. The van der Waals surface area contributed by atoms with Gasteiger partial charge in [-0.05, 0) is 134 Å². The molecule has 1 saturated heterocycles. The first-order valence-corrected chi connectivity index (χ1v) is 25.4. The minimum Gasteiger partial charge on any atom is -0.481 e. The Bertz CT molecular complexity index is 2760. The monoisotopic (exact) mass is 1030 g/mol. The molecule has 0 spiro atoms. The summed E-state index contributed by atoms with van der Waals surface area (Å²) < 4.78 is 14.3. The van der Waals surface area contributed by atoms with Crippen molar-refractivity contribution in [2.45, 2.75) is 106 Å². The highest BCUT2D eigenvalue weighted by molar-refractivity contribution is 9.10. The number of anilines is 2. The predicted molar refractivity (Wildman–Crippen MR) is 275 cm³/mol. The Kier molecular flexibility index (Phi) is 16.8. The van der Waals surface area contributed by atoms with Gasteiger partial charge in [0.05, 0.1) is 39.7 Å². The predicted octanol–water partition coefficient (Wildman–Crippen LogP) is 10.1. The van der Waals surface area contributed by atoms with Crippen molar-refractivity contribution in [2.75, 3.05) is 31.2 Å². The number of hydrogen-bond acceptors (Lipinski definition) is 11. The van der Waals surface area contributed by atoms with Crippen LogP contribution in [0.2, 0.25) is 0 Å². The molecule has 7 rings (SSSR count). The van der Waals surface area contributed by atoms with E-state index in [2.05, 4.69) is 89.9 Å². The van der Waals surface area contributed by atoms with E-state index < -0.39 is 41.3 Å². The lowest BCUT2D eigenvalue weighted by molar-refractivity contribution is -0.143. The van der Waals surface area contributed by atoms with Crippen LogP contribution in [0.15, 0.2) is 93.9 Å². The van der Waals surface area contributed by atoms with Crippen molar-refractivity contribution in [3.8, 4) is 27.3 Å². The quantitative estimate of drug-likeness (QED) is 0.0618. The smallest absolute Gasteiger partial charge is 0.303 e. The summed E-state index contributed by atoms with van der Waals surface area (Å²) in [4.78, 5) is 67.0. The van der Waals surface area contributed by atoms with Gasteiger partial charge in [-0.25, -0.2) is 9.97 Å². The Morgan fingerprint density at radius 2 is 1.74 bits per heavy atom. The number of thiazole rings is 1. The normalized spacial score (nSPS) is 15.7. The van der Waals surface area contributed by atoms with Gasteiger partial charge in [0.25, 0.3) is 0 Å². The van der Waals surface area contributed by atoms with Crippen LogP contribution >= 0.6 is 27.3 Å². The Morgan fingerprint density at radius 1 is 0.986 bits per heavy atom. The molecule has 1 fully saturated rings. The number of aliphatic carboxylic acids is 1. The van der Waals surface area contributed by atoms with Crippen molar-refractivity contribution in [1.82, 2.24) is 35.2 Å². The lowest BCUT2D eigenvalue weighted by atomic mass is 9.85. The number of nitrogens with zero attached hydrogens (tertiary/aromatic N) is 6. The first kappa shape index (κ1) is 51.7. The molecule has 1 aliphatic heterocycles. The van der Waals surface area contributed by atoms with Crippen LogP contribution in [0.4, 0.5) is 11.4 Å². The molecule has 3 aromatic carbocycles. The number of hydrogen-bond donors (Lipinski definition) is 3. The molecule has 0 saturated carbocycles. The van der Waals surface area contributed by atoms with Gasteiger partial charge in [0.1, 0.15) is 24.6 Å². The number of benzene rings is 3. The topological polar surface area (TPSA) is 185 Å². The Hall–Kier alpha value is -6.17. The number of carbonyl (C=O) groups is 4. The van der Waals surface area contributed by atoms with Crippen LogP contribution in [-0.4, -0.2) is 91.9 Å². The molecule has 17 heteroatoms. The number of unbranched alkanes of at least 4 members (excludes halogenated alkanes) is 2. The summed E-state index contributed by atoms with van der Waals surface area (Å²) in [6.07, 6.45) is 7.16. The molecule has 3 aromatic heterocycles. The molecular weight excluding hydrogens is 973 g/mol. The van der Waals surface area contributed by atoms with Crippen molar-refractivity contribution >= 4 is 62.3 Å². The second-order valence-electron chi connectivity index (χ2n) is 19.3. The largest absolute Gasteiger partial charge is 0.481 e. The molecule has 70 heavy (non-hydrogen) atoms. The first-order chi connectivity index (χ1) is 33.4. The number of carbonyl (C=O) groups excluding carboxylic acids is 3.